The van der Waals surface area contributed by atoms with Crippen LogP contribution < -0.4 is 10.6 Å². The van der Waals surface area contributed by atoms with Crippen LogP contribution in [-0.2, 0) is 0 Å². The number of anilines is 1. The van der Waals surface area contributed by atoms with Crippen LogP contribution in [0, 0.1) is 6.92 Å². The average molecular weight is 247 g/mol. The van der Waals surface area contributed by atoms with E-state index < -0.39 is 0 Å². The SMILES string of the molecule is Cc1nc2ccc(NC(=O)NC(C)(C)C)cc2o1. The minimum Gasteiger partial charge on any atom is -0.441 e. The van der Waals surface area contributed by atoms with Crippen molar-refractivity contribution in [1.29, 1.82) is 0 Å². The number of carbonyl (C=O) groups excluding carboxylic acids is 1. The summed E-state index contributed by atoms with van der Waals surface area (Å²) in [5, 5.41) is 5.59. The van der Waals surface area contributed by atoms with Crippen LogP contribution in [0.3, 0.4) is 0 Å². The summed E-state index contributed by atoms with van der Waals surface area (Å²) in [6.45, 7) is 7.57. The van der Waals surface area contributed by atoms with Gasteiger partial charge in [-0.1, -0.05) is 0 Å². The molecule has 1 aromatic carbocycles. The molecule has 0 spiro atoms. The zero-order valence-corrected chi connectivity index (χ0v) is 11.0. The van der Waals surface area contributed by atoms with Gasteiger partial charge >= 0.3 is 6.03 Å². The van der Waals surface area contributed by atoms with Crippen molar-refractivity contribution < 1.29 is 9.21 Å². The lowest BCUT2D eigenvalue weighted by molar-refractivity contribution is 0.244. The standard InChI is InChI=1S/C13H17N3O2/c1-8-14-10-6-5-9(7-11(10)18-8)15-12(17)16-13(2,3)4/h5-7H,1-4H3,(H2,15,16,17). The lowest BCUT2D eigenvalue weighted by Crippen LogP contribution is -2.43. The number of aryl methyl sites for hydroxylation is 1. The Morgan fingerprint density at radius 1 is 1.33 bits per heavy atom. The Kier molecular flexibility index (Phi) is 2.98. The fraction of sp³-hybridized carbons (Fsp3) is 0.385. The van der Waals surface area contributed by atoms with Crippen molar-refractivity contribution in [2.24, 2.45) is 0 Å². The Hall–Kier alpha value is -2.04. The van der Waals surface area contributed by atoms with Crippen LogP contribution in [0.25, 0.3) is 11.1 Å². The minimum atomic E-state index is -0.267. The van der Waals surface area contributed by atoms with Gasteiger partial charge in [0.25, 0.3) is 0 Å². The third kappa shape index (κ3) is 3.00. The molecule has 5 nitrogen and oxygen atoms in total. The summed E-state index contributed by atoms with van der Waals surface area (Å²) in [6, 6.07) is 5.14. The number of fused-ring (bicyclic) bond motifs is 1. The number of nitrogens with one attached hydrogen (secondary N) is 2. The largest absolute Gasteiger partial charge is 0.441 e. The molecule has 2 N–H and O–H groups in total. The molecule has 0 aliphatic heterocycles. The molecule has 0 bridgehead atoms. The van der Waals surface area contributed by atoms with Crippen molar-refractivity contribution in [3.8, 4) is 0 Å². The van der Waals surface area contributed by atoms with Crippen molar-refractivity contribution in [3.63, 3.8) is 0 Å². The number of benzene rings is 1. The number of aromatic nitrogens is 1. The van der Waals surface area contributed by atoms with Gasteiger partial charge in [-0.15, -0.1) is 0 Å². The molecule has 96 valence electrons. The van der Waals surface area contributed by atoms with Crippen LogP contribution in [0.15, 0.2) is 22.6 Å². The van der Waals surface area contributed by atoms with E-state index in [2.05, 4.69) is 15.6 Å². The Balaban J connectivity index is 2.14. The van der Waals surface area contributed by atoms with Gasteiger partial charge in [0.2, 0.25) is 0 Å². The first kappa shape index (κ1) is 12.4. The van der Waals surface area contributed by atoms with Crippen LogP contribution in [0.1, 0.15) is 26.7 Å². The third-order valence-electron chi connectivity index (χ3n) is 2.24. The molecule has 1 aromatic heterocycles. The van der Waals surface area contributed by atoms with Crippen LogP contribution >= 0.6 is 0 Å². The summed E-state index contributed by atoms with van der Waals surface area (Å²) in [5.74, 6) is 0.612. The predicted octanol–water partition coefficient (Wildman–Crippen LogP) is 3.06. The van der Waals surface area contributed by atoms with Gasteiger partial charge in [-0.2, -0.15) is 0 Å². The van der Waals surface area contributed by atoms with Crippen molar-refractivity contribution in [1.82, 2.24) is 10.3 Å². The Labute approximate surface area is 106 Å². The number of nitrogens with zero attached hydrogens (tertiary/aromatic N) is 1. The van der Waals surface area contributed by atoms with Gasteiger partial charge in [0.15, 0.2) is 11.5 Å². The van der Waals surface area contributed by atoms with Crippen molar-refractivity contribution >= 4 is 22.8 Å². The first-order chi connectivity index (χ1) is 8.33. The molecule has 0 fully saturated rings. The molecule has 1 heterocycles. The fourth-order valence-electron chi connectivity index (χ4n) is 1.62. The van der Waals surface area contributed by atoms with E-state index in [1.54, 1.807) is 19.1 Å². The molecule has 2 aromatic rings. The highest BCUT2D eigenvalue weighted by Gasteiger charge is 2.13. The Bertz CT molecular complexity index is 581. The van der Waals surface area contributed by atoms with E-state index in [-0.39, 0.29) is 11.6 Å². The fourth-order valence-corrected chi connectivity index (χ4v) is 1.62. The van der Waals surface area contributed by atoms with Crippen molar-refractivity contribution in [2.45, 2.75) is 33.2 Å². The van der Waals surface area contributed by atoms with Gasteiger partial charge in [0, 0.05) is 24.2 Å². The van der Waals surface area contributed by atoms with Crippen molar-refractivity contribution in [2.75, 3.05) is 5.32 Å². The number of carbonyl (C=O) groups is 1. The highest BCUT2D eigenvalue weighted by molar-refractivity contribution is 5.91. The number of urea groups is 1. The zero-order valence-electron chi connectivity index (χ0n) is 11.0. The number of hydrogen-bond donors (Lipinski definition) is 2. The smallest absolute Gasteiger partial charge is 0.319 e. The lowest BCUT2D eigenvalue weighted by atomic mass is 10.1. The third-order valence-corrected chi connectivity index (χ3v) is 2.24. The molecule has 0 atom stereocenters. The highest BCUT2D eigenvalue weighted by atomic mass is 16.3. The maximum atomic E-state index is 11.7. The second-order valence-electron chi connectivity index (χ2n) is 5.24. The Morgan fingerprint density at radius 3 is 2.72 bits per heavy atom. The number of rotatable bonds is 1. The summed E-state index contributed by atoms with van der Waals surface area (Å²) in [6.07, 6.45) is 0. The lowest BCUT2D eigenvalue weighted by Gasteiger charge is -2.20. The molecule has 18 heavy (non-hydrogen) atoms. The van der Waals surface area contributed by atoms with E-state index in [1.807, 2.05) is 26.8 Å². The summed E-state index contributed by atoms with van der Waals surface area (Å²) in [7, 11) is 0. The van der Waals surface area contributed by atoms with Gasteiger partial charge in [-0.05, 0) is 32.9 Å². The number of amides is 2. The summed E-state index contributed by atoms with van der Waals surface area (Å²) < 4.78 is 5.41. The first-order valence-electron chi connectivity index (χ1n) is 5.80. The zero-order chi connectivity index (χ0) is 13.3. The predicted molar refractivity (Wildman–Crippen MR) is 70.7 cm³/mol. The summed E-state index contributed by atoms with van der Waals surface area (Å²) >= 11 is 0. The van der Waals surface area contributed by atoms with Gasteiger partial charge in [0.1, 0.15) is 5.52 Å². The minimum absolute atomic E-state index is 0.238. The molecule has 0 saturated carbocycles. The summed E-state index contributed by atoms with van der Waals surface area (Å²) in [5.41, 5.74) is 1.87. The maximum Gasteiger partial charge on any atom is 0.319 e. The normalized spacial score (nSPS) is 11.6. The van der Waals surface area contributed by atoms with Crippen LogP contribution in [0.5, 0.6) is 0 Å². The van der Waals surface area contributed by atoms with E-state index in [9.17, 15) is 4.79 Å². The molecule has 0 aliphatic rings. The molecular weight excluding hydrogens is 230 g/mol. The van der Waals surface area contributed by atoms with E-state index >= 15 is 0 Å². The quantitative estimate of drug-likeness (QED) is 0.813. The number of hydrogen-bond acceptors (Lipinski definition) is 3. The van der Waals surface area contributed by atoms with Crippen LogP contribution in [0.2, 0.25) is 0 Å². The second kappa shape index (κ2) is 4.33. The summed E-state index contributed by atoms with van der Waals surface area (Å²) in [4.78, 5) is 15.9. The van der Waals surface area contributed by atoms with E-state index in [0.717, 1.165) is 5.52 Å². The van der Waals surface area contributed by atoms with Crippen LogP contribution in [0.4, 0.5) is 10.5 Å². The Morgan fingerprint density at radius 2 is 2.06 bits per heavy atom. The topological polar surface area (TPSA) is 67.2 Å². The molecule has 0 unspecified atom stereocenters. The average Bonchev–Trinajstić information content (AvgIpc) is 2.53. The molecule has 0 aliphatic carbocycles. The van der Waals surface area contributed by atoms with Crippen LogP contribution in [-0.4, -0.2) is 16.6 Å². The van der Waals surface area contributed by atoms with E-state index in [4.69, 9.17) is 4.42 Å². The van der Waals surface area contributed by atoms with Gasteiger partial charge in [-0.3, -0.25) is 0 Å². The van der Waals surface area contributed by atoms with Gasteiger partial charge in [0.05, 0.1) is 0 Å². The first-order valence-corrected chi connectivity index (χ1v) is 5.80. The second-order valence-corrected chi connectivity index (χ2v) is 5.24. The van der Waals surface area contributed by atoms with Crippen molar-refractivity contribution in [3.05, 3.63) is 24.1 Å². The molecule has 2 rings (SSSR count). The van der Waals surface area contributed by atoms with Gasteiger partial charge < -0.3 is 15.1 Å². The monoisotopic (exact) mass is 247 g/mol. The van der Waals surface area contributed by atoms with E-state index in [1.165, 1.54) is 0 Å². The molecule has 2 amide bonds. The number of oxazole rings is 1. The highest BCUT2D eigenvalue weighted by Crippen LogP contribution is 2.19. The van der Waals surface area contributed by atoms with Gasteiger partial charge in [-0.25, -0.2) is 9.78 Å². The van der Waals surface area contributed by atoms with E-state index in [0.29, 0.717) is 17.2 Å². The molecular formula is C13H17N3O2. The molecule has 0 radical (unpaired) electrons. The maximum absolute atomic E-state index is 11.7. The molecule has 5 heteroatoms. The molecule has 0 saturated heterocycles.